The first kappa shape index (κ1) is 26.3. The highest BCUT2D eigenvalue weighted by atomic mass is 19.3. The quantitative estimate of drug-likeness (QED) is 0.205. The number of nitrogens with zero attached hydrogens (tertiary/aromatic N) is 5. The number of halogens is 2. The van der Waals surface area contributed by atoms with Gasteiger partial charge in [0.2, 0.25) is 11.8 Å². The lowest BCUT2D eigenvalue weighted by Crippen LogP contribution is -2.11. The Hall–Kier alpha value is -5.57. The number of hydrogen-bond donors (Lipinski definition) is 0. The van der Waals surface area contributed by atoms with E-state index in [1.54, 1.807) is 24.3 Å². The van der Waals surface area contributed by atoms with Crippen molar-refractivity contribution in [1.29, 1.82) is 0 Å². The molecule has 0 saturated carbocycles. The molecule has 0 saturated heterocycles. The Balaban J connectivity index is 1.33. The molecule has 4 aromatic carbocycles. The van der Waals surface area contributed by atoms with Crippen LogP contribution in [0.5, 0.6) is 11.8 Å². The van der Waals surface area contributed by atoms with Crippen molar-refractivity contribution < 1.29 is 18.3 Å². The van der Waals surface area contributed by atoms with Gasteiger partial charge < -0.3 is 9.47 Å². The molecule has 6 aromatic rings. The third-order valence-electron chi connectivity index (χ3n) is 7.32. The van der Waals surface area contributed by atoms with Crippen molar-refractivity contribution in [2.75, 3.05) is 14.2 Å². The Labute approximate surface area is 245 Å². The minimum absolute atomic E-state index is 0.121. The Morgan fingerprint density at radius 1 is 0.465 bits per heavy atom. The van der Waals surface area contributed by atoms with Crippen LogP contribution < -0.4 is 9.47 Å². The van der Waals surface area contributed by atoms with Gasteiger partial charge in [0.05, 0.1) is 20.3 Å². The van der Waals surface area contributed by atoms with E-state index in [1.165, 1.54) is 32.4 Å². The molecule has 0 N–H and O–H groups in total. The number of fused-ring (bicyclic) bond motifs is 3. The molecule has 0 spiro atoms. The van der Waals surface area contributed by atoms with Crippen molar-refractivity contribution in [2.24, 2.45) is 0 Å². The van der Waals surface area contributed by atoms with Crippen molar-refractivity contribution >= 4 is 0 Å². The molecule has 7 rings (SSSR count). The van der Waals surface area contributed by atoms with Gasteiger partial charge in [-0.2, -0.15) is 18.7 Å². The highest BCUT2D eigenvalue weighted by Gasteiger charge is 2.45. The first-order valence-electron chi connectivity index (χ1n) is 13.5. The fourth-order valence-corrected chi connectivity index (χ4v) is 5.18. The maximum atomic E-state index is 16.2. The van der Waals surface area contributed by atoms with Gasteiger partial charge in [-0.05, 0) is 23.3 Å². The summed E-state index contributed by atoms with van der Waals surface area (Å²) in [6, 6.07) is 30.3. The smallest absolute Gasteiger partial charge is 0.299 e. The highest BCUT2D eigenvalue weighted by molar-refractivity contribution is 5.84. The van der Waals surface area contributed by atoms with Gasteiger partial charge in [-0.25, -0.2) is 15.0 Å². The molecule has 0 unspecified atom stereocenters. The molecular formula is C34H23F2N5O2. The predicted octanol–water partition coefficient (Wildman–Crippen LogP) is 7.47. The number of benzene rings is 4. The molecule has 2 aromatic heterocycles. The average Bonchev–Trinajstić information content (AvgIpc) is 3.30. The third-order valence-corrected chi connectivity index (χ3v) is 7.32. The van der Waals surface area contributed by atoms with Crippen LogP contribution in [0.1, 0.15) is 11.1 Å². The van der Waals surface area contributed by atoms with E-state index in [0.717, 1.165) is 11.1 Å². The van der Waals surface area contributed by atoms with Crippen molar-refractivity contribution in [3.8, 4) is 68.4 Å². The van der Waals surface area contributed by atoms with Crippen LogP contribution >= 0.6 is 0 Å². The third kappa shape index (κ3) is 4.64. The summed E-state index contributed by atoms with van der Waals surface area (Å²) in [4.78, 5) is 22.8. The summed E-state index contributed by atoms with van der Waals surface area (Å²) < 4.78 is 42.8. The van der Waals surface area contributed by atoms with Crippen molar-refractivity contribution in [3.63, 3.8) is 0 Å². The Bertz CT molecular complexity index is 1910. The molecule has 1 aliphatic rings. The second-order valence-electron chi connectivity index (χ2n) is 9.91. The van der Waals surface area contributed by atoms with Crippen LogP contribution in [0.2, 0.25) is 0 Å². The van der Waals surface area contributed by atoms with E-state index in [4.69, 9.17) is 24.4 Å². The van der Waals surface area contributed by atoms with E-state index in [2.05, 4.69) is 9.97 Å². The summed E-state index contributed by atoms with van der Waals surface area (Å²) in [6.45, 7) is 0. The first-order chi connectivity index (χ1) is 20.9. The summed E-state index contributed by atoms with van der Waals surface area (Å²) >= 11 is 0. The van der Waals surface area contributed by atoms with Crippen molar-refractivity contribution in [2.45, 2.75) is 5.92 Å². The normalized spacial score (nSPS) is 12.8. The van der Waals surface area contributed by atoms with Gasteiger partial charge in [-0.1, -0.05) is 84.9 Å². The van der Waals surface area contributed by atoms with Gasteiger partial charge in [0.1, 0.15) is 0 Å². The van der Waals surface area contributed by atoms with Crippen molar-refractivity contribution in [3.05, 3.63) is 114 Å². The highest BCUT2D eigenvalue weighted by Crippen LogP contribution is 2.52. The zero-order chi connectivity index (χ0) is 29.6. The number of methoxy groups -OCH3 is 2. The molecule has 0 amide bonds. The van der Waals surface area contributed by atoms with E-state index < -0.39 is 5.92 Å². The molecule has 7 nitrogen and oxygen atoms in total. The Kier molecular flexibility index (Phi) is 6.35. The van der Waals surface area contributed by atoms with Crippen LogP contribution in [0.15, 0.2) is 103 Å². The largest absolute Gasteiger partial charge is 0.481 e. The summed E-state index contributed by atoms with van der Waals surface area (Å²) in [7, 11) is 2.93. The standard InChI is InChI=1S/C34H23F2N5O2/c1-42-28-19-29(43-2)38-32(37-28)22-13-15-24-25-16-14-23(18-27(25)34(35,36)26(24)17-22)33-40-30(20-9-5-3-6-10-20)39-31(41-33)21-11-7-4-8-12-21/h3-19H,1-2H3. The second kappa shape index (κ2) is 10.4. The molecule has 0 radical (unpaired) electrons. The lowest BCUT2D eigenvalue weighted by molar-refractivity contribution is 0.0481. The zero-order valence-electron chi connectivity index (χ0n) is 23.1. The molecule has 9 heteroatoms. The minimum Gasteiger partial charge on any atom is -0.481 e. The Morgan fingerprint density at radius 2 is 0.860 bits per heavy atom. The van der Waals surface area contributed by atoms with E-state index >= 15 is 8.78 Å². The first-order valence-corrected chi connectivity index (χ1v) is 13.5. The van der Waals surface area contributed by atoms with Crippen LogP contribution in [-0.2, 0) is 5.92 Å². The maximum Gasteiger partial charge on any atom is 0.299 e. The van der Waals surface area contributed by atoms with Gasteiger partial charge in [0.25, 0.3) is 5.92 Å². The summed E-state index contributed by atoms with van der Waals surface area (Å²) in [5, 5.41) is 0. The SMILES string of the molecule is COc1cc(OC)nc(-c2ccc3c(c2)C(F)(F)c2cc(-c4nc(-c5ccccc5)nc(-c5ccccc5)n4)ccc2-3)n1. The van der Waals surface area contributed by atoms with E-state index in [-0.39, 0.29) is 28.7 Å². The maximum absolute atomic E-state index is 16.2. The summed E-state index contributed by atoms with van der Waals surface area (Å²) in [5.74, 6) is -1.31. The van der Waals surface area contributed by atoms with Gasteiger partial charge in [-0.3, -0.25) is 0 Å². The molecule has 210 valence electrons. The van der Waals surface area contributed by atoms with Crippen LogP contribution in [-0.4, -0.2) is 39.1 Å². The van der Waals surface area contributed by atoms with Gasteiger partial charge in [-0.15, -0.1) is 0 Å². The molecular weight excluding hydrogens is 548 g/mol. The molecule has 43 heavy (non-hydrogen) atoms. The minimum atomic E-state index is -3.28. The number of alkyl halides is 2. The number of hydrogen-bond acceptors (Lipinski definition) is 7. The average molecular weight is 572 g/mol. The van der Waals surface area contributed by atoms with Crippen LogP contribution in [0.4, 0.5) is 8.78 Å². The monoisotopic (exact) mass is 571 g/mol. The summed E-state index contributed by atoms with van der Waals surface area (Å²) in [5.41, 5.74) is 3.11. The van der Waals surface area contributed by atoms with Gasteiger partial charge >= 0.3 is 0 Å². The fraction of sp³-hybridized carbons (Fsp3) is 0.0882. The molecule has 2 heterocycles. The zero-order valence-corrected chi connectivity index (χ0v) is 23.1. The number of aromatic nitrogens is 5. The van der Waals surface area contributed by atoms with Crippen LogP contribution in [0.25, 0.3) is 56.7 Å². The van der Waals surface area contributed by atoms with Crippen LogP contribution in [0, 0.1) is 0 Å². The lowest BCUT2D eigenvalue weighted by atomic mass is 10.0. The lowest BCUT2D eigenvalue weighted by Gasteiger charge is -2.14. The van der Waals surface area contributed by atoms with Gasteiger partial charge in [0.15, 0.2) is 23.3 Å². The molecule has 0 aliphatic heterocycles. The van der Waals surface area contributed by atoms with E-state index in [9.17, 15) is 0 Å². The molecule has 0 fully saturated rings. The van der Waals surface area contributed by atoms with Gasteiger partial charge in [0, 0.05) is 33.4 Å². The summed E-state index contributed by atoms with van der Waals surface area (Å²) in [6.07, 6.45) is 0. The van der Waals surface area contributed by atoms with E-state index in [0.29, 0.717) is 39.7 Å². The molecule has 0 bridgehead atoms. The predicted molar refractivity (Wildman–Crippen MR) is 159 cm³/mol. The molecule has 1 aliphatic carbocycles. The number of ether oxygens (including phenoxy) is 2. The number of rotatable bonds is 6. The second-order valence-corrected chi connectivity index (χ2v) is 9.91. The topological polar surface area (TPSA) is 82.9 Å². The Morgan fingerprint density at radius 3 is 1.28 bits per heavy atom. The molecule has 0 atom stereocenters. The van der Waals surface area contributed by atoms with Crippen molar-refractivity contribution in [1.82, 2.24) is 24.9 Å². The van der Waals surface area contributed by atoms with Crippen LogP contribution in [0.3, 0.4) is 0 Å². The fourth-order valence-electron chi connectivity index (χ4n) is 5.18. The van der Waals surface area contributed by atoms with E-state index in [1.807, 2.05) is 60.7 Å².